The third-order valence-corrected chi connectivity index (χ3v) is 6.69. The zero-order valence-electron chi connectivity index (χ0n) is 17.4. The summed E-state index contributed by atoms with van der Waals surface area (Å²) in [5, 5.41) is 3.33. The Labute approximate surface area is 164 Å². The van der Waals surface area contributed by atoms with Crippen LogP contribution in [0, 0.1) is 11.3 Å². The number of ether oxygens (including phenoxy) is 1. The third-order valence-electron chi connectivity index (χ3n) is 6.69. The quantitative estimate of drug-likeness (QED) is 0.386. The van der Waals surface area contributed by atoms with E-state index in [1.165, 1.54) is 32.1 Å². The molecular formula is C22H37NO4. The molecule has 27 heavy (non-hydrogen) atoms. The minimum absolute atomic E-state index is 0.528. The minimum Gasteiger partial charge on any atom is -0.386 e. The number of carbonyl (C=O) groups excluding carboxylic acids is 3. The number of esters is 2. The van der Waals surface area contributed by atoms with E-state index in [-0.39, 0.29) is 0 Å². The summed E-state index contributed by atoms with van der Waals surface area (Å²) in [6.07, 6.45) is 12.5. The maximum Gasteiger partial charge on any atom is 0.382 e. The molecule has 0 aromatic carbocycles. The van der Waals surface area contributed by atoms with Crippen molar-refractivity contribution in [3.05, 3.63) is 0 Å². The summed E-state index contributed by atoms with van der Waals surface area (Å²) < 4.78 is 5.10. The summed E-state index contributed by atoms with van der Waals surface area (Å²) in [7, 11) is 0. The summed E-state index contributed by atoms with van der Waals surface area (Å²) in [6.45, 7) is 6.02. The molecule has 0 bridgehead atoms. The number of ketones is 1. The monoisotopic (exact) mass is 379 g/mol. The lowest BCUT2D eigenvalue weighted by Gasteiger charge is -2.36. The van der Waals surface area contributed by atoms with E-state index in [1.807, 2.05) is 6.92 Å². The average molecular weight is 380 g/mol. The fourth-order valence-electron chi connectivity index (χ4n) is 4.29. The van der Waals surface area contributed by atoms with Gasteiger partial charge >= 0.3 is 11.9 Å². The van der Waals surface area contributed by atoms with Gasteiger partial charge in [0.1, 0.15) is 5.54 Å². The highest BCUT2D eigenvalue weighted by molar-refractivity contribution is 6.37. The minimum atomic E-state index is -1.01. The Morgan fingerprint density at radius 3 is 2.37 bits per heavy atom. The van der Waals surface area contributed by atoms with Gasteiger partial charge in [0.2, 0.25) is 5.78 Å². The number of carbonyl (C=O) groups is 3. The van der Waals surface area contributed by atoms with E-state index in [1.54, 1.807) is 13.8 Å². The van der Waals surface area contributed by atoms with Crippen LogP contribution in [0.3, 0.4) is 0 Å². The van der Waals surface area contributed by atoms with E-state index in [0.29, 0.717) is 19.3 Å². The van der Waals surface area contributed by atoms with E-state index in [0.717, 1.165) is 38.1 Å². The van der Waals surface area contributed by atoms with Crippen molar-refractivity contribution in [2.75, 3.05) is 6.54 Å². The number of nitrogens with one attached hydrogen (secondary N) is 1. The molecule has 0 aromatic rings. The van der Waals surface area contributed by atoms with Crippen LogP contribution in [0.4, 0.5) is 0 Å². The molecule has 2 aliphatic rings. The summed E-state index contributed by atoms with van der Waals surface area (Å²) in [4.78, 5) is 37.4. The number of hydrogen-bond donors (Lipinski definition) is 1. The van der Waals surface area contributed by atoms with Gasteiger partial charge in [0.25, 0.3) is 0 Å². The molecule has 154 valence electrons. The van der Waals surface area contributed by atoms with Gasteiger partial charge in [-0.2, -0.15) is 0 Å². The zero-order chi connectivity index (χ0) is 19.9. The maximum atomic E-state index is 12.9. The van der Waals surface area contributed by atoms with Crippen molar-refractivity contribution in [2.24, 2.45) is 11.3 Å². The molecule has 1 unspecified atom stereocenters. The average Bonchev–Trinajstić information content (AvgIpc) is 2.68. The van der Waals surface area contributed by atoms with Crippen LogP contribution in [0.1, 0.15) is 97.8 Å². The van der Waals surface area contributed by atoms with Crippen LogP contribution >= 0.6 is 0 Å². The fourth-order valence-corrected chi connectivity index (χ4v) is 4.29. The molecular weight excluding hydrogens is 342 g/mol. The molecule has 1 aliphatic carbocycles. The topological polar surface area (TPSA) is 72.5 Å². The lowest BCUT2D eigenvalue weighted by Crippen LogP contribution is -2.56. The zero-order valence-corrected chi connectivity index (χ0v) is 17.4. The molecule has 5 nitrogen and oxygen atoms in total. The molecule has 1 aliphatic heterocycles. The predicted molar refractivity (Wildman–Crippen MR) is 105 cm³/mol. The molecule has 5 heteroatoms. The Morgan fingerprint density at radius 2 is 1.78 bits per heavy atom. The Hall–Kier alpha value is -1.23. The van der Waals surface area contributed by atoms with Gasteiger partial charge in [0.15, 0.2) is 0 Å². The molecule has 0 radical (unpaired) electrons. The van der Waals surface area contributed by atoms with Crippen LogP contribution < -0.4 is 5.32 Å². The summed E-state index contributed by atoms with van der Waals surface area (Å²) in [5.41, 5.74) is -1.61. The standard InChI is InChI=1S/C22H37NO4/c1-4-21(2,3)18(24)19(25)27-20(26)22(14-8-9-16-23-22)15-10-13-17-11-6-5-7-12-17/h17,23H,4-16H2,1-3H3. The Balaban J connectivity index is 1.95. The third kappa shape index (κ3) is 5.87. The number of hydrogen-bond acceptors (Lipinski definition) is 5. The normalized spacial score (nSPS) is 24.4. The fraction of sp³-hybridized carbons (Fsp3) is 0.864. The van der Waals surface area contributed by atoms with Crippen molar-refractivity contribution >= 4 is 17.7 Å². The highest BCUT2D eigenvalue weighted by atomic mass is 16.6. The van der Waals surface area contributed by atoms with Gasteiger partial charge in [-0.15, -0.1) is 0 Å². The van der Waals surface area contributed by atoms with Gasteiger partial charge < -0.3 is 10.1 Å². The van der Waals surface area contributed by atoms with E-state index >= 15 is 0 Å². The first-order valence-electron chi connectivity index (χ1n) is 10.9. The first-order valence-corrected chi connectivity index (χ1v) is 10.9. The van der Waals surface area contributed by atoms with Crippen molar-refractivity contribution < 1.29 is 19.1 Å². The predicted octanol–water partition coefficient (Wildman–Crippen LogP) is 4.32. The van der Waals surface area contributed by atoms with Crippen LogP contribution in [-0.4, -0.2) is 29.8 Å². The number of Topliss-reactive ketones (excluding diaryl/α,β-unsaturated/α-hetero) is 1. The first kappa shape index (κ1) is 22.1. The largest absolute Gasteiger partial charge is 0.386 e. The van der Waals surface area contributed by atoms with Crippen molar-refractivity contribution in [1.82, 2.24) is 5.32 Å². The molecule has 1 heterocycles. The first-order chi connectivity index (χ1) is 12.8. The molecule has 0 amide bonds. The molecule has 1 saturated carbocycles. The second-order valence-corrected chi connectivity index (χ2v) is 9.11. The summed E-state index contributed by atoms with van der Waals surface area (Å²) >= 11 is 0. The molecule has 1 N–H and O–H groups in total. The van der Waals surface area contributed by atoms with Gasteiger partial charge in [-0.1, -0.05) is 65.7 Å². The molecule has 1 saturated heterocycles. The molecule has 1 atom stereocenters. The Bertz CT molecular complexity index is 528. The second-order valence-electron chi connectivity index (χ2n) is 9.11. The molecule has 0 aromatic heterocycles. The second kappa shape index (κ2) is 9.81. The SMILES string of the molecule is CCC(C)(C)C(=O)C(=O)OC(=O)C1(CCCC2CCCCC2)CCCCN1. The summed E-state index contributed by atoms with van der Waals surface area (Å²) in [6, 6.07) is 0. The van der Waals surface area contributed by atoms with Crippen molar-refractivity contribution in [3.63, 3.8) is 0 Å². The van der Waals surface area contributed by atoms with Gasteiger partial charge in [-0.05, 0) is 44.6 Å². The van der Waals surface area contributed by atoms with Crippen LogP contribution in [0.15, 0.2) is 0 Å². The maximum absolute atomic E-state index is 12.9. The highest BCUT2D eigenvalue weighted by Crippen LogP contribution is 2.32. The summed E-state index contributed by atoms with van der Waals surface area (Å²) in [5.74, 6) is -1.42. The molecule has 2 fully saturated rings. The van der Waals surface area contributed by atoms with Crippen molar-refractivity contribution in [1.29, 1.82) is 0 Å². The molecule has 2 rings (SSSR count). The van der Waals surface area contributed by atoms with E-state index < -0.39 is 28.7 Å². The van der Waals surface area contributed by atoms with E-state index in [4.69, 9.17) is 4.74 Å². The van der Waals surface area contributed by atoms with Crippen molar-refractivity contribution in [3.8, 4) is 0 Å². The smallest absolute Gasteiger partial charge is 0.382 e. The lowest BCUT2D eigenvalue weighted by molar-refractivity contribution is -0.171. The van der Waals surface area contributed by atoms with Gasteiger partial charge in [-0.3, -0.25) is 4.79 Å². The van der Waals surface area contributed by atoms with Gasteiger partial charge in [0, 0.05) is 5.41 Å². The van der Waals surface area contributed by atoms with E-state index in [9.17, 15) is 14.4 Å². The number of rotatable bonds is 8. The van der Waals surface area contributed by atoms with Crippen LogP contribution in [0.5, 0.6) is 0 Å². The van der Waals surface area contributed by atoms with Crippen LogP contribution in [-0.2, 0) is 19.1 Å². The van der Waals surface area contributed by atoms with Crippen LogP contribution in [0.25, 0.3) is 0 Å². The number of piperidine rings is 1. The van der Waals surface area contributed by atoms with Gasteiger partial charge in [-0.25, -0.2) is 9.59 Å². The van der Waals surface area contributed by atoms with E-state index in [2.05, 4.69) is 5.32 Å². The van der Waals surface area contributed by atoms with Gasteiger partial charge in [0.05, 0.1) is 0 Å². The Morgan fingerprint density at radius 1 is 1.07 bits per heavy atom. The molecule has 0 spiro atoms. The van der Waals surface area contributed by atoms with Crippen LogP contribution in [0.2, 0.25) is 0 Å². The lowest BCUT2D eigenvalue weighted by atomic mass is 9.80. The Kier molecular flexibility index (Phi) is 8.02. The highest BCUT2D eigenvalue weighted by Gasteiger charge is 2.43. The van der Waals surface area contributed by atoms with Crippen molar-refractivity contribution in [2.45, 2.75) is 103 Å².